The van der Waals surface area contributed by atoms with E-state index in [4.69, 9.17) is 17.3 Å². The fourth-order valence-electron chi connectivity index (χ4n) is 2.65. The molecule has 1 fully saturated rings. The zero-order valence-electron chi connectivity index (χ0n) is 13.7. The van der Waals surface area contributed by atoms with Crippen LogP contribution in [0.5, 0.6) is 0 Å². The van der Waals surface area contributed by atoms with Gasteiger partial charge in [0.1, 0.15) is 17.5 Å². The summed E-state index contributed by atoms with van der Waals surface area (Å²) in [6.45, 7) is 0.651. The zero-order valence-corrected chi connectivity index (χ0v) is 14.4. The largest absolute Gasteiger partial charge is 0.368 e. The Bertz CT molecular complexity index is 950. The monoisotopic (exact) mass is 360 g/mol. The van der Waals surface area contributed by atoms with E-state index in [0.717, 1.165) is 23.7 Å². The van der Waals surface area contributed by atoms with Gasteiger partial charge in [-0.3, -0.25) is 4.68 Å². The van der Waals surface area contributed by atoms with Gasteiger partial charge in [-0.15, -0.1) is 0 Å². The molecule has 8 heteroatoms. The van der Waals surface area contributed by atoms with Gasteiger partial charge in [-0.2, -0.15) is 5.10 Å². The molecule has 0 amide bonds. The van der Waals surface area contributed by atoms with Gasteiger partial charge in [0.15, 0.2) is 0 Å². The summed E-state index contributed by atoms with van der Waals surface area (Å²) in [4.78, 5) is 4.57. The van der Waals surface area contributed by atoms with Crippen molar-refractivity contribution in [2.75, 3.05) is 17.2 Å². The summed E-state index contributed by atoms with van der Waals surface area (Å²) in [7, 11) is 1.85. The number of anilines is 3. The van der Waals surface area contributed by atoms with Crippen LogP contribution in [-0.4, -0.2) is 26.8 Å². The van der Waals surface area contributed by atoms with Crippen molar-refractivity contribution in [2.24, 2.45) is 12.8 Å². The van der Waals surface area contributed by atoms with Crippen LogP contribution in [0.15, 0.2) is 30.5 Å². The van der Waals surface area contributed by atoms with E-state index < -0.39 is 5.82 Å². The summed E-state index contributed by atoms with van der Waals surface area (Å²) in [5, 5.41) is 11.7. The smallest absolute Gasteiger partial charge is 0.148 e. The quantitative estimate of drug-likeness (QED) is 0.649. The molecule has 2 aromatic heterocycles. The topological polar surface area (TPSA) is 80.8 Å². The van der Waals surface area contributed by atoms with Gasteiger partial charge in [0, 0.05) is 30.2 Å². The van der Waals surface area contributed by atoms with Crippen LogP contribution in [0.3, 0.4) is 0 Å². The maximum Gasteiger partial charge on any atom is 0.148 e. The SMILES string of the molecule is Cn1ncc2c(Nc3ccc(Cl)cc3F)nc(NCC3(N)CC3)cc21. The number of nitrogens with zero attached hydrogens (tertiary/aromatic N) is 3. The first-order chi connectivity index (χ1) is 11.9. The lowest BCUT2D eigenvalue weighted by molar-refractivity contribution is 0.632. The highest BCUT2D eigenvalue weighted by atomic mass is 35.5. The molecule has 1 aromatic carbocycles. The molecule has 4 rings (SSSR count). The molecule has 3 aromatic rings. The average molecular weight is 361 g/mol. The van der Waals surface area contributed by atoms with Gasteiger partial charge in [0.05, 0.1) is 22.8 Å². The van der Waals surface area contributed by atoms with Crippen LogP contribution in [0.1, 0.15) is 12.8 Å². The Hall–Kier alpha value is -2.38. The van der Waals surface area contributed by atoms with E-state index in [2.05, 4.69) is 20.7 Å². The standard InChI is InChI=1S/C17H18ClFN6/c1-25-14-7-15(21-9-17(20)4-5-17)24-16(11(14)8-22-25)23-13-3-2-10(18)6-12(13)19/h2-3,6-8H,4-5,9,20H2,1H3,(H2,21,23,24). The third-order valence-corrected chi connectivity index (χ3v) is 4.68. The molecule has 0 aliphatic heterocycles. The number of aryl methyl sites for hydroxylation is 1. The molecule has 6 nitrogen and oxygen atoms in total. The van der Waals surface area contributed by atoms with Gasteiger partial charge >= 0.3 is 0 Å². The summed E-state index contributed by atoms with van der Waals surface area (Å²) < 4.78 is 15.9. The van der Waals surface area contributed by atoms with Crippen molar-refractivity contribution in [2.45, 2.75) is 18.4 Å². The predicted octanol–water partition coefficient (Wildman–Crippen LogP) is 3.41. The van der Waals surface area contributed by atoms with Crippen molar-refractivity contribution in [1.82, 2.24) is 14.8 Å². The Labute approximate surface area is 149 Å². The summed E-state index contributed by atoms with van der Waals surface area (Å²) in [5.74, 6) is 0.754. The number of pyridine rings is 1. The highest BCUT2D eigenvalue weighted by molar-refractivity contribution is 6.30. The fourth-order valence-corrected chi connectivity index (χ4v) is 2.81. The molecular formula is C17H18ClFN6. The van der Waals surface area contributed by atoms with Crippen molar-refractivity contribution < 1.29 is 4.39 Å². The molecule has 4 N–H and O–H groups in total. The number of nitrogens with one attached hydrogen (secondary N) is 2. The molecule has 130 valence electrons. The second-order valence-electron chi connectivity index (χ2n) is 6.52. The van der Waals surface area contributed by atoms with Crippen molar-refractivity contribution in [3.8, 4) is 0 Å². The van der Waals surface area contributed by atoms with Gasteiger partial charge < -0.3 is 16.4 Å². The third-order valence-electron chi connectivity index (χ3n) is 4.44. The minimum Gasteiger partial charge on any atom is -0.368 e. The lowest BCUT2D eigenvalue weighted by atomic mass is 10.2. The van der Waals surface area contributed by atoms with Crippen LogP contribution in [0.4, 0.5) is 21.7 Å². The second-order valence-corrected chi connectivity index (χ2v) is 6.96. The van der Waals surface area contributed by atoms with E-state index in [1.54, 1.807) is 23.0 Å². The number of rotatable bonds is 5. The Morgan fingerprint density at radius 1 is 1.36 bits per heavy atom. The van der Waals surface area contributed by atoms with E-state index in [0.29, 0.717) is 28.9 Å². The van der Waals surface area contributed by atoms with Crippen LogP contribution >= 0.6 is 11.6 Å². The van der Waals surface area contributed by atoms with Gasteiger partial charge in [0.2, 0.25) is 0 Å². The van der Waals surface area contributed by atoms with Gasteiger partial charge in [0.25, 0.3) is 0 Å². The van der Waals surface area contributed by atoms with Crippen LogP contribution in [-0.2, 0) is 7.05 Å². The normalized spacial score (nSPS) is 15.4. The van der Waals surface area contributed by atoms with E-state index >= 15 is 0 Å². The Balaban J connectivity index is 1.70. The lowest BCUT2D eigenvalue weighted by Gasteiger charge is -2.14. The van der Waals surface area contributed by atoms with Gasteiger partial charge in [-0.05, 0) is 31.0 Å². The molecule has 0 radical (unpaired) electrons. The van der Waals surface area contributed by atoms with E-state index in [9.17, 15) is 4.39 Å². The molecule has 2 heterocycles. The number of aromatic nitrogens is 3. The Kier molecular flexibility index (Phi) is 3.77. The van der Waals surface area contributed by atoms with Gasteiger partial charge in [-0.1, -0.05) is 11.6 Å². The Morgan fingerprint density at radius 3 is 2.88 bits per heavy atom. The van der Waals surface area contributed by atoms with Crippen molar-refractivity contribution in [3.05, 3.63) is 41.3 Å². The van der Waals surface area contributed by atoms with E-state index in [1.165, 1.54) is 6.07 Å². The highest BCUT2D eigenvalue weighted by Gasteiger charge is 2.37. The highest BCUT2D eigenvalue weighted by Crippen LogP contribution is 2.33. The van der Waals surface area contributed by atoms with E-state index in [1.807, 2.05) is 13.1 Å². The lowest BCUT2D eigenvalue weighted by Crippen LogP contribution is -2.31. The third kappa shape index (κ3) is 3.25. The summed E-state index contributed by atoms with van der Waals surface area (Å²) >= 11 is 5.81. The average Bonchev–Trinajstić information content (AvgIpc) is 3.20. The number of fused-ring (bicyclic) bond motifs is 1. The number of halogens is 2. The Morgan fingerprint density at radius 2 is 2.16 bits per heavy atom. The van der Waals surface area contributed by atoms with E-state index in [-0.39, 0.29) is 5.54 Å². The number of nitrogens with two attached hydrogens (primary N) is 1. The molecule has 1 saturated carbocycles. The molecule has 0 bridgehead atoms. The molecule has 1 aliphatic carbocycles. The van der Waals surface area contributed by atoms with Crippen molar-refractivity contribution >= 4 is 39.8 Å². The summed E-state index contributed by atoms with van der Waals surface area (Å²) in [6.07, 6.45) is 3.72. The first kappa shape index (κ1) is 16.1. The maximum atomic E-state index is 14.1. The minimum atomic E-state index is -0.441. The second kappa shape index (κ2) is 5.86. The van der Waals surface area contributed by atoms with Crippen LogP contribution in [0.2, 0.25) is 5.02 Å². The van der Waals surface area contributed by atoms with Gasteiger partial charge in [-0.25, -0.2) is 9.37 Å². The molecule has 25 heavy (non-hydrogen) atoms. The summed E-state index contributed by atoms with van der Waals surface area (Å²) in [6, 6.07) is 6.39. The number of benzene rings is 1. The van der Waals surface area contributed by atoms with Crippen molar-refractivity contribution in [3.63, 3.8) is 0 Å². The molecule has 1 aliphatic rings. The molecule has 0 unspecified atom stereocenters. The summed E-state index contributed by atoms with van der Waals surface area (Å²) in [5.41, 5.74) is 7.18. The minimum absolute atomic E-state index is 0.140. The maximum absolute atomic E-state index is 14.1. The molecule has 0 atom stereocenters. The molecular weight excluding hydrogens is 343 g/mol. The van der Waals surface area contributed by atoms with Crippen LogP contribution < -0.4 is 16.4 Å². The van der Waals surface area contributed by atoms with Crippen LogP contribution in [0.25, 0.3) is 10.9 Å². The molecule has 0 saturated heterocycles. The first-order valence-corrected chi connectivity index (χ1v) is 8.39. The van der Waals surface area contributed by atoms with Crippen molar-refractivity contribution in [1.29, 1.82) is 0 Å². The first-order valence-electron chi connectivity index (χ1n) is 8.01. The number of hydrogen-bond acceptors (Lipinski definition) is 5. The van der Waals surface area contributed by atoms with Crippen LogP contribution in [0, 0.1) is 5.82 Å². The predicted molar refractivity (Wildman–Crippen MR) is 97.8 cm³/mol. The zero-order chi connectivity index (χ0) is 17.6. The number of hydrogen-bond donors (Lipinski definition) is 3. The fraction of sp³-hybridized carbons (Fsp3) is 0.294. The molecule has 0 spiro atoms.